The molecule has 1 aromatic carbocycles. The summed E-state index contributed by atoms with van der Waals surface area (Å²) in [4.78, 5) is 25.7. The van der Waals surface area contributed by atoms with Crippen molar-refractivity contribution >= 4 is 22.8 Å². The minimum atomic E-state index is -0.305. The second-order valence-electron chi connectivity index (χ2n) is 4.18. The number of rotatable bonds is 4. The topological polar surface area (TPSA) is 68.4 Å². The molecule has 0 fully saturated rings. The van der Waals surface area contributed by atoms with Crippen LogP contribution < -0.4 is 0 Å². The lowest BCUT2D eigenvalue weighted by Gasteiger charge is -2.01. The van der Waals surface area contributed by atoms with E-state index in [4.69, 9.17) is 0 Å². The first-order valence-corrected chi connectivity index (χ1v) is 5.87. The van der Waals surface area contributed by atoms with Crippen LogP contribution in [-0.2, 0) is 31.9 Å². The number of carbonyl (C=O) groups excluding carboxylic acids is 2. The maximum absolute atomic E-state index is 11.3. The van der Waals surface area contributed by atoms with Crippen LogP contribution in [0.15, 0.2) is 24.3 Å². The highest BCUT2D eigenvalue weighted by Crippen LogP contribution is 2.20. The van der Waals surface area contributed by atoms with Crippen LogP contribution in [0.3, 0.4) is 0 Å². The summed E-state index contributed by atoms with van der Waals surface area (Å²) < 4.78 is 9.29. The van der Waals surface area contributed by atoms with Crippen LogP contribution in [0.5, 0.6) is 0 Å². The highest BCUT2D eigenvalue weighted by Gasteiger charge is 2.11. The largest absolute Gasteiger partial charge is 0.469 e. The first kappa shape index (κ1) is 13.1. The average molecular weight is 261 g/mol. The SMILES string of the molecule is COC(=O)Cc1cc2cccc(CC(=O)OC)c2[nH]1. The molecule has 0 aliphatic rings. The van der Waals surface area contributed by atoms with Gasteiger partial charge >= 0.3 is 11.9 Å². The Morgan fingerprint density at radius 2 is 1.79 bits per heavy atom. The molecule has 5 heteroatoms. The second kappa shape index (κ2) is 5.56. The Morgan fingerprint density at radius 3 is 2.47 bits per heavy atom. The van der Waals surface area contributed by atoms with Crippen LogP contribution in [0.25, 0.3) is 10.9 Å². The molecule has 1 aromatic heterocycles. The summed E-state index contributed by atoms with van der Waals surface area (Å²) in [6.07, 6.45) is 0.384. The van der Waals surface area contributed by atoms with Crippen molar-refractivity contribution in [3.05, 3.63) is 35.5 Å². The predicted molar refractivity (Wildman–Crippen MR) is 69.7 cm³/mol. The van der Waals surface area contributed by atoms with E-state index in [1.165, 1.54) is 14.2 Å². The maximum atomic E-state index is 11.3. The Kier molecular flexibility index (Phi) is 3.85. The van der Waals surface area contributed by atoms with Gasteiger partial charge in [-0.05, 0) is 17.0 Å². The van der Waals surface area contributed by atoms with Gasteiger partial charge in [-0.25, -0.2) is 0 Å². The van der Waals surface area contributed by atoms with Crippen molar-refractivity contribution in [2.45, 2.75) is 12.8 Å². The molecule has 0 spiro atoms. The lowest BCUT2D eigenvalue weighted by Crippen LogP contribution is -2.05. The molecule has 0 amide bonds. The first-order valence-electron chi connectivity index (χ1n) is 5.87. The zero-order chi connectivity index (χ0) is 13.8. The second-order valence-corrected chi connectivity index (χ2v) is 4.18. The zero-order valence-electron chi connectivity index (χ0n) is 10.9. The number of carbonyl (C=O) groups is 2. The van der Waals surface area contributed by atoms with Crippen LogP contribution in [-0.4, -0.2) is 31.1 Å². The number of methoxy groups -OCH3 is 2. The minimum absolute atomic E-state index is 0.183. The molecule has 0 bridgehead atoms. The molecule has 0 radical (unpaired) electrons. The molecule has 0 saturated heterocycles. The number of hydrogen-bond acceptors (Lipinski definition) is 4. The van der Waals surface area contributed by atoms with Gasteiger partial charge in [0.1, 0.15) is 0 Å². The molecule has 1 heterocycles. The average Bonchev–Trinajstić information content (AvgIpc) is 2.81. The fourth-order valence-electron chi connectivity index (χ4n) is 1.97. The van der Waals surface area contributed by atoms with E-state index < -0.39 is 0 Å². The van der Waals surface area contributed by atoms with Crippen molar-refractivity contribution in [2.75, 3.05) is 14.2 Å². The van der Waals surface area contributed by atoms with E-state index in [0.717, 1.165) is 22.2 Å². The molecule has 19 heavy (non-hydrogen) atoms. The third-order valence-electron chi connectivity index (χ3n) is 2.92. The van der Waals surface area contributed by atoms with Gasteiger partial charge in [0.2, 0.25) is 0 Å². The number of nitrogens with one attached hydrogen (secondary N) is 1. The summed E-state index contributed by atoms with van der Waals surface area (Å²) in [6, 6.07) is 7.54. The van der Waals surface area contributed by atoms with Gasteiger partial charge in [0.05, 0.1) is 27.1 Å². The van der Waals surface area contributed by atoms with Gasteiger partial charge in [-0.15, -0.1) is 0 Å². The van der Waals surface area contributed by atoms with E-state index in [0.29, 0.717) is 0 Å². The summed E-state index contributed by atoms with van der Waals surface area (Å²) in [7, 11) is 2.72. The summed E-state index contributed by atoms with van der Waals surface area (Å²) in [5.41, 5.74) is 2.46. The van der Waals surface area contributed by atoms with Gasteiger partial charge < -0.3 is 14.5 Å². The highest BCUT2D eigenvalue weighted by atomic mass is 16.5. The molecular weight excluding hydrogens is 246 g/mol. The van der Waals surface area contributed by atoms with Crippen LogP contribution >= 0.6 is 0 Å². The lowest BCUT2D eigenvalue weighted by molar-refractivity contribution is -0.140. The summed E-state index contributed by atoms with van der Waals surface area (Å²) in [5, 5.41) is 0.959. The molecule has 2 rings (SSSR count). The molecule has 0 aliphatic heterocycles. The molecule has 0 atom stereocenters. The minimum Gasteiger partial charge on any atom is -0.469 e. The van der Waals surface area contributed by atoms with Gasteiger partial charge in [0, 0.05) is 11.2 Å². The van der Waals surface area contributed by atoms with Crippen molar-refractivity contribution in [1.29, 1.82) is 0 Å². The Morgan fingerprint density at radius 1 is 1.11 bits per heavy atom. The number of benzene rings is 1. The fraction of sp³-hybridized carbons (Fsp3) is 0.286. The van der Waals surface area contributed by atoms with E-state index in [1.807, 2.05) is 24.3 Å². The molecule has 2 aromatic rings. The number of fused-ring (bicyclic) bond motifs is 1. The standard InChI is InChI=1S/C14H15NO4/c1-18-12(16)7-10-5-3-4-9-6-11(15-14(9)10)8-13(17)19-2/h3-6,15H,7-8H2,1-2H3. The number of esters is 2. The van der Waals surface area contributed by atoms with Gasteiger partial charge in [-0.3, -0.25) is 9.59 Å². The van der Waals surface area contributed by atoms with Gasteiger partial charge in [-0.1, -0.05) is 18.2 Å². The Bertz CT molecular complexity index is 615. The van der Waals surface area contributed by atoms with Crippen LogP contribution in [0, 0.1) is 0 Å². The highest BCUT2D eigenvalue weighted by molar-refractivity contribution is 5.88. The normalized spacial score (nSPS) is 10.4. The van der Waals surface area contributed by atoms with Gasteiger partial charge in [-0.2, -0.15) is 0 Å². The van der Waals surface area contributed by atoms with Crippen LogP contribution in [0.4, 0.5) is 0 Å². The third-order valence-corrected chi connectivity index (χ3v) is 2.92. The van der Waals surface area contributed by atoms with E-state index in [9.17, 15) is 9.59 Å². The van der Waals surface area contributed by atoms with E-state index in [2.05, 4.69) is 14.5 Å². The van der Waals surface area contributed by atoms with Crippen molar-refractivity contribution < 1.29 is 19.1 Å². The lowest BCUT2D eigenvalue weighted by atomic mass is 10.1. The quantitative estimate of drug-likeness (QED) is 0.849. The van der Waals surface area contributed by atoms with E-state index >= 15 is 0 Å². The van der Waals surface area contributed by atoms with Crippen LogP contribution in [0.2, 0.25) is 0 Å². The number of hydrogen-bond donors (Lipinski definition) is 1. The Hall–Kier alpha value is -2.30. The summed E-state index contributed by atoms with van der Waals surface area (Å²) >= 11 is 0. The molecule has 1 N–H and O–H groups in total. The monoisotopic (exact) mass is 261 g/mol. The van der Waals surface area contributed by atoms with Crippen LogP contribution in [0.1, 0.15) is 11.3 Å². The van der Waals surface area contributed by atoms with Crippen molar-refractivity contribution in [1.82, 2.24) is 4.98 Å². The number of aromatic nitrogens is 1. The Balaban J connectivity index is 2.33. The number of ether oxygens (including phenoxy) is 2. The van der Waals surface area contributed by atoms with E-state index in [-0.39, 0.29) is 24.8 Å². The molecule has 0 unspecified atom stereocenters. The fourth-order valence-corrected chi connectivity index (χ4v) is 1.97. The molecule has 0 saturated carbocycles. The number of para-hydroxylation sites is 1. The van der Waals surface area contributed by atoms with Gasteiger partial charge in [0.15, 0.2) is 0 Å². The first-order chi connectivity index (χ1) is 9.13. The summed E-state index contributed by atoms with van der Waals surface area (Å²) in [6.45, 7) is 0. The smallest absolute Gasteiger partial charge is 0.311 e. The molecule has 100 valence electrons. The van der Waals surface area contributed by atoms with Crippen molar-refractivity contribution in [2.24, 2.45) is 0 Å². The molecule has 5 nitrogen and oxygen atoms in total. The third kappa shape index (κ3) is 2.93. The summed E-state index contributed by atoms with van der Waals surface area (Å²) in [5.74, 6) is -0.599. The zero-order valence-corrected chi connectivity index (χ0v) is 10.9. The number of H-pyrrole nitrogens is 1. The molecular formula is C14H15NO4. The predicted octanol–water partition coefficient (Wildman–Crippen LogP) is 1.60. The maximum Gasteiger partial charge on any atom is 0.311 e. The Labute approximate surface area is 110 Å². The van der Waals surface area contributed by atoms with Gasteiger partial charge in [0.25, 0.3) is 0 Å². The van der Waals surface area contributed by atoms with E-state index in [1.54, 1.807) is 0 Å². The van der Waals surface area contributed by atoms with Crippen molar-refractivity contribution in [3.63, 3.8) is 0 Å². The molecule has 0 aliphatic carbocycles. The van der Waals surface area contributed by atoms with Crippen molar-refractivity contribution in [3.8, 4) is 0 Å². The number of aromatic amines is 1.